The number of aromatic nitrogens is 1. The number of morpholine rings is 1. The number of pyridine rings is 1. The van der Waals surface area contributed by atoms with E-state index >= 15 is 0 Å². The van der Waals surface area contributed by atoms with Crippen LogP contribution in [0.5, 0.6) is 0 Å². The molecule has 0 spiro atoms. The van der Waals surface area contributed by atoms with Gasteiger partial charge in [-0.15, -0.1) is 0 Å². The van der Waals surface area contributed by atoms with E-state index in [1.54, 1.807) is 0 Å². The van der Waals surface area contributed by atoms with Crippen molar-refractivity contribution in [2.24, 2.45) is 0 Å². The zero-order chi connectivity index (χ0) is 17.2. The number of amides is 1. The Bertz CT molecular complexity index is 567. The van der Waals surface area contributed by atoms with Gasteiger partial charge in [-0.2, -0.15) is 0 Å². The lowest BCUT2D eigenvalue weighted by Gasteiger charge is -2.42. The number of rotatable bonds is 5. The number of nitrogens with zero attached hydrogens (tertiary/aromatic N) is 3. The lowest BCUT2D eigenvalue weighted by molar-refractivity contribution is -0.150. The summed E-state index contributed by atoms with van der Waals surface area (Å²) in [5.41, 5.74) is 2.86. The summed E-state index contributed by atoms with van der Waals surface area (Å²) in [6.45, 7) is 10.6. The Labute approximate surface area is 139 Å². The summed E-state index contributed by atoms with van der Waals surface area (Å²) in [4.78, 5) is 21.2. The molecule has 0 radical (unpaired) electrons. The SMILES string of the molecule is CC(C)c1ccc(C(C)(C)N2CCOCC2=O)c(CN(C)C)n1. The highest BCUT2D eigenvalue weighted by Crippen LogP contribution is 2.32. The van der Waals surface area contributed by atoms with Crippen molar-refractivity contribution < 1.29 is 9.53 Å². The van der Waals surface area contributed by atoms with Crippen LogP contribution in [-0.2, 0) is 21.6 Å². The van der Waals surface area contributed by atoms with Crippen LogP contribution in [0.2, 0.25) is 0 Å². The molecular weight excluding hydrogens is 290 g/mol. The molecule has 1 fully saturated rings. The molecule has 2 heterocycles. The summed E-state index contributed by atoms with van der Waals surface area (Å²) >= 11 is 0. The van der Waals surface area contributed by atoms with E-state index < -0.39 is 5.54 Å². The van der Waals surface area contributed by atoms with Crippen molar-refractivity contribution in [3.63, 3.8) is 0 Å². The zero-order valence-corrected chi connectivity index (χ0v) is 15.2. The first kappa shape index (κ1) is 17.9. The number of ether oxygens (including phenoxy) is 1. The number of carbonyl (C=O) groups is 1. The highest BCUT2D eigenvalue weighted by atomic mass is 16.5. The molecule has 1 aromatic heterocycles. The van der Waals surface area contributed by atoms with Crippen LogP contribution < -0.4 is 0 Å². The zero-order valence-electron chi connectivity index (χ0n) is 15.2. The predicted octanol–water partition coefficient (Wildman–Crippen LogP) is 2.36. The molecular formula is C18H29N3O2. The summed E-state index contributed by atoms with van der Waals surface area (Å²) in [7, 11) is 4.08. The van der Waals surface area contributed by atoms with E-state index in [0.717, 1.165) is 23.5 Å². The van der Waals surface area contributed by atoms with Gasteiger partial charge in [0, 0.05) is 24.3 Å². The number of carbonyl (C=O) groups excluding carboxylic acids is 1. The predicted molar refractivity (Wildman–Crippen MR) is 91.3 cm³/mol. The van der Waals surface area contributed by atoms with Gasteiger partial charge < -0.3 is 14.5 Å². The number of hydrogen-bond donors (Lipinski definition) is 0. The van der Waals surface area contributed by atoms with Crippen molar-refractivity contribution in [2.45, 2.75) is 45.7 Å². The molecule has 0 aromatic carbocycles. The Morgan fingerprint density at radius 2 is 2.04 bits per heavy atom. The molecule has 5 nitrogen and oxygen atoms in total. The molecule has 2 rings (SSSR count). The molecule has 1 aliphatic rings. The van der Waals surface area contributed by atoms with Gasteiger partial charge in [-0.25, -0.2) is 0 Å². The smallest absolute Gasteiger partial charge is 0.249 e. The molecule has 1 aliphatic heterocycles. The molecule has 0 atom stereocenters. The summed E-state index contributed by atoms with van der Waals surface area (Å²) in [5, 5.41) is 0. The van der Waals surface area contributed by atoms with Crippen molar-refractivity contribution in [1.82, 2.24) is 14.8 Å². The minimum absolute atomic E-state index is 0.0463. The summed E-state index contributed by atoms with van der Waals surface area (Å²) in [6, 6.07) is 4.23. The summed E-state index contributed by atoms with van der Waals surface area (Å²) < 4.78 is 5.27. The maximum atomic E-state index is 12.3. The number of hydrogen-bond acceptors (Lipinski definition) is 4. The van der Waals surface area contributed by atoms with Crippen LogP contribution >= 0.6 is 0 Å². The Kier molecular flexibility index (Phi) is 5.42. The van der Waals surface area contributed by atoms with Crippen molar-refractivity contribution in [3.05, 3.63) is 29.1 Å². The van der Waals surface area contributed by atoms with E-state index in [-0.39, 0.29) is 12.5 Å². The summed E-state index contributed by atoms with van der Waals surface area (Å²) in [5.74, 6) is 0.433. The van der Waals surface area contributed by atoms with Gasteiger partial charge in [-0.1, -0.05) is 19.9 Å². The van der Waals surface area contributed by atoms with Crippen molar-refractivity contribution >= 4 is 5.91 Å². The fourth-order valence-corrected chi connectivity index (χ4v) is 3.07. The fraction of sp³-hybridized carbons (Fsp3) is 0.667. The van der Waals surface area contributed by atoms with Gasteiger partial charge >= 0.3 is 0 Å². The third-order valence-corrected chi connectivity index (χ3v) is 4.37. The first-order valence-electron chi connectivity index (χ1n) is 8.26. The second-order valence-corrected chi connectivity index (χ2v) is 7.28. The molecule has 1 amide bonds. The maximum Gasteiger partial charge on any atom is 0.249 e. The van der Waals surface area contributed by atoms with E-state index in [4.69, 9.17) is 9.72 Å². The minimum Gasteiger partial charge on any atom is -0.370 e. The van der Waals surface area contributed by atoms with Gasteiger partial charge in [0.2, 0.25) is 5.91 Å². The average Bonchev–Trinajstić information content (AvgIpc) is 2.46. The van der Waals surface area contributed by atoms with Crippen LogP contribution in [0, 0.1) is 0 Å². The third-order valence-electron chi connectivity index (χ3n) is 4.37. The Hall–Kier alpha value is -1.46. The second-order valence-electron chi connectivity index (χ2n) is 7.28. The van der Waals surface area contributed by atoms with Crippen LogP contribution in [0.15, 0.2) is 12.1 Å². The van der Waals surface area contributed by atoms with E-state index in [2.05, 4.69) is 44.7 Å². The normalized spacial score (nSPS) is 16.5. The third kappa shape index (κ3) is 3.90. The second kappa shape index (κ2) is 6.97. The van der Waals surface area contributed by atoms with Gasteiger partial charge in [0.1, 0.15) is 6.61 Å². The molecule has 128 valence electrons. The van der Waals surface area contributed by atoms with Gasteiger partial charge in [-0.3, -0.25) is 9.78 Å². The molecule has 1 aromatic rings. The molecule has 0 unspecified atom stereocenters. The molecule has 0 saturated carbocycles. The lowest BCUT2D eigenvalue weighted by Crippen LogP contribution is -2.52. The molecule has 0 aliphatic carbocycles. The van der Waals surface area contributed by atoms with Crippen molar-refractivity contribution in [1.29, 1.82) is 0 Å². The standard InChI is InChI=1S/C18H29N3O2/c1-13(2)15-8-7-14(16(19-15)11-20(5)6)18(3,4)21-9-10-23-12-17(21)22/h7-8,13H,9-12H2,1-6H3. The maximum absolute atomic E-state index is 12.3. The van der Waals surface area contributed by atoms with Gasteiger partial charge in [0.25, 0.3) is 0 Å². The largest absolute Gasteiger partial charge is 0.370 e. The first-order valence-corrected chi connectivity index (χ1v) is 8.26. The summed E-state index contributed by atoms with van der Waals surface area (Å²) in [6.07, 6.45) is 0. The Morgan fingerprint density at radius 3 is 2.61 bits per heavy atom. The molecule has 5 heteroatoms. The Morgan fingerprint density at radius 1 is 1.35 bits per heavy atom. The van der Waals surface area contributed by atoms with E-state index in [1.165, 1.54) is 0 Å². The van der Waals surface area contributed by atoms with Crippen molar-refractivity contribution in [3.8, 4) is 0 Å². The monoisotopic (exact) mass is 319 g/mol. The molecule has 0 bridgehead atoms. The van der Waals surface area contributed by atoms with E-state index in [0.29, 0.717) is 19.1 Å². The van der Waals surface area contributed by atoms with Crippen LogP contribution in [0.3, 0.4) is 0 Å². The van der Waals surface area contributed by atoms with Gasteiger partial charge in [0.05, 0.1) is 17.8 Å². The minimum atomic E-state index is -0.394. The van der Waals surface area contributed by atoms with E-state index in [9.17, 15) is 4.79 Å². The Balaban J connectivity index is 2.44. The lowest BCUT2D eigenvalue weighted by atomic mass is 9.89. The highest BCUT2D eigenvalue weighted by molar-refractivity contribution is 5.79. The molecule has 1 saturated heterocycles. The van der Waals surface area contributed by atoms with Crippen LogP contribution in [0.25, 0.3) is 0 Å². The average molecular weight is 319 g/mol. The van der Waals surface area contributed by atoms with Crippen molar-refractivity contribution in [2.75, 3.05) is 33.9 Å². The van der Waals surface area contributed by atoms with Crippen LogP contribution in [0.4, 0.5) is 0 Å². The molecule has 0 N–H and O–H groups in total. The van der Waals surface area contributed by atoms with Crippen LogP contribution in [-0.4, -0.2) is 54.5 Å². The first-order chi connectivity index (χ1) is 10.7. The van der Waals surface area contributed by atoms with E-state index in [1.807, 2.05) is 19.0 Å². The molecule has 23 heavy (non-hydrogen) atoms. The highest BCUT2D eigenvalue weighted by Gasteiger charge is 2.36. The van der Waals surface area contributed by atoms with Gasteiger partial charge in [-0.05, 0) is 39.9 Å². The fourth-order valence-electron chi connectivity index (χ4n) is 3.07. The van der Waals surface area contributed by atoms with Crippen LogP contribution in [0.1, 0.15) is 50.6 Å². The topological polar surface area (TPSA) is 45.7 Å². The van der Waals surface area contributed by atoms with Gasteiger partial charge in [0.15, 0.2) is 0 Å². The quantitative estimate of drug-likeness (QED) is 0.836.